The first-order valence-electron chi connectivity index (χ1n) is 3.74. The van der Waals surface area contributed by atoms with Gasteiger partial charge in [-0.15, -0.1) is 3.89 Å². The highest BCUT2D eigenvalue weighted by molar-refractivity contribution is 7.86. The minimum Gasteiger partial charge on any atom is -0.313 e. The lowest BCUT2D eigenvalue weighted by Crippen LogP contribution is -2.38. The van der Waals surface area contributed by atoms with Gasteiger partial charge in [-0.2, -0.15) is 8.42 Å². The standard InChI is InChI=1S/C6H12FNO2S/c7-11(9,10)5-6-3-1-2-4-8-6/h6,8H,1-5H2/t6-/m1/s1. The Kier molecular flexibility index (Phi) is 2.84. The molecular formula is C6H12FNO2S. The summed E-state index contributed by atoms with van der Waals surface area (Å²) < 4.78 is 32.5. The van der Waals surface area contributed by atoms with E-state index in [-0.39, 0.29) is 11.8 Å². The predicted octanol–water partition coefficient (Wildman–Crippen LogP) is 0.428. The molecule has 1 aliphatic heterocycles. The van der Waals surface area contributed by atoms with Crippen LogP contribution >= 0.6 is 0 Å². The van der Waals surface area contributed by atoms with Gasteiger partial charge in [0.2, 0.25) is 0 Å². The Morgan fingerprint density at radius 1 is 1.45 bits per heavy atom. The van der Waals surface area contributed by atoms with Gasteiger partial charge >= 0.3 is 10.2 Å². The minimum atomic E-state index is -4.29. The lowest BCUT2D eigenvalue weighted by atomic mass is 10.1. The van der Waals surface area contributed by atoms with E-state index in [1.807, 2.05) is 0 Å². The van der Waals surface area contributed by atoms with Crippen molar-refractivity contribution in [2.24, 2.45) is 0 Å². The average Bonchev–Trinajstić information content (AvgIpc) is 1.85. The van der Waals surface area contributed by atoms with Gasteiger partial charge in [0.15, 0.2) is 0 Å². The molecule has 66 valence electrons. The lowest BCUT2D eigenvalue weighted by Gasteiger charge is -2.21. The first-order chi connectivity index (χ1) is 5.08. The Labute approximate surface area is 66.2 Å². The monoisotopic (exact) mass is 181 g/mol. The quantitative estimate of drug-likeness (QED) is 0.628. The summed E-state index contributed by atoms with van der Waals surface area (Å²) in [4.78, 5) is 0. The van der Waals surface area contributed by atoms with Crippen LogP contribution in [0.25, 0.3) is 0 Å². The maximum atomic E-state index is 12.1. The fourth-order valence-electron chi connectivity index (χ4n) is 1.31. The van der Waals surface area contributed by atoms with Crippen LogP contribution in [0.15, 0.2) is 0 Å². The van der Waals surface area contributed by atoms with E-state index in [1.54, 1.807) is 0 Å². The fraction of sp³-hybridized carbons (Fsp3) is 1.00. The highest BCUT2D eigenvalue weighted by Crippen LogP contribution is 2.09. The molecule has 1 fully saturated rings. The van der Waals surface area contributed by atoms with Crippen molar-refractivity contribution in [3.05, 3.63) is 0 Å². The number of rotatable bonds is 2. The zero-order valence-corrected chi connectivity index (χ0v) is 7.03. The molecular weight excluding hydrogens is 169 g/mol. The predicted molar refractivity (Wildman–Crippen MR) is 40.5 cm³/mol. The van der Waals surface area contributed by atoms with Gasteiger partial charge in [-0.1, -0.05) is 6.42 Å². The molecule has 0 aromatic carbocycles. The summed E-state index contributed by atoms with van der Waals surface area (Å²) >= 11 is 0. The van der Waals surface area contributed by atoms with Crippen LogP contribution in [0.1, 0.15) is 19.3 Å². The van der Waals surface area contributed by atoms with Gasteiger partial charge in [0.1, 0.15) is 0 Å². The van der Waals surface area contributed by atoms with Gasteiger partial charge in [-0.25, -0.2) is 0 Å². The molecule has 0 saturated carbocycles. The summed E-state index contributed by atoms with van der Waals surface area (Å²) in [5.74, 6) is -0.368. The zero-order chi connectivity index (χ0) is 8.32. The molecule has 0 spiro atoms. The molecule has 1 heterocycles. The van der Waals surface area contributed by atoms with Crippen molar-refractivity contribution < 1.29 is 12.3 Å². The third-order valence-corrected chi connectivity index (χ3v) is 2.61. The van der Waals surface area contributed by atoms with Gasteiger partial charge in [0, 0.05) is 6.04 Å². The maximum Gasteiger partial charge on any atom is 0.303 e. The third kappa shape index (κ3) is 3.67. The van der Waals surface area contributed by atoms with Crippen LogP contribution in [-0.2, 0) is 10.2 Å². The number of hydrogen-bond donors (Lipinski definition) is 1. The van der Waals surface area contributed by atoms with Crippen molar-refractivity contribution in [2.45, 2.75) is 25.3 Å². The molecule has 1 rings (SSSR count). The molecule has 0 unspecified atom stereocenters. The summed E-state index contributed by atoms with van der Waals surface area (Å²) in [6.07, 6.45) is 2.82. The molecule has 0 aliphatic carbocycles. The molecule has 11 heavy (non-hydrogen) atoms. The first kappa shape index (κ1) is 8.93. The van der Waals surface area contributed by atoms with Gasteiger partial charge in [-0.3, -0.25) is 0 Å². The van der Waals surface area contributed by atoms with E-state index < -0.39 is 10.2 Å². The Morgan fingerprint density at radius 2 is 2.18 bits per heavy atom. The van der Waals surface area contributed by atoms with E-state index in [4.69, 9.17) is 0 Å². The Balaban J connectivity index is 2.36. The SMILES string of the molecule is O=S(=O)(F)C[C@H]1CCCCN1. The second-order valence-electron chi connectivity index (χ2n) is 2.85. The molecule has 1 N–H and O–H groups in total. The molecule has 1 saturated heterocycles. The second kappa shape index (κ2) is 3.49. The molecule has 0 bridgehead atoms. The molecule has 0 amide bonds. The molecule has 5 heteroatoms. The Morgan fingerprint density at radius 3 is 2.64 bits per heavy atom. The second-order valence-corrected chi connectivity index (χ2v) is 4.26. The summed E-state index contributed by atoms with van der Waals surface area (Å²) in [7, 11) is -4.29. The van der Waals surface area contributed by atoms with Crippen molar-refractivity contribution in [1.29, 1.82) is 0 Å². The van der Waals surface area contributed by atoms with Crippen LogP contribution in [-0.4, -0.2) is 26.8 Å². The highest BCUT2D eigenvalue weighted by atomic mass is 32.3. The van der Waals surface area contributed by atoms with E-state index in [1.165, 1.54) is 0 Å². The van der Waals surface area contributed by atoms with E-state index in [0.29, 0.717) is 0 Å². The van der Waals surface area contributed by atoms with Gasteiger partial charge < -0.3 is 5.32 Å². The van der Waals surface area contributed by atoms with Gasteiger partial charge in [-0.05, 0) is 19.4 Å². The van der Waals surface area contributed by atoms with Crippen molar-refractivity contribution in [1.82, 2.24) is 5.32 Å². The Hall–Kier alpha value is -0.160. The van der Waals surface area contributed by atoms with Crippen LogP contribution in [0, 0.1) is 0 Å². The van der Waals surface area contributed by atoms with Crippen LogP contribution < -0.4 is 5.32 Å². The van der Waals surface area contributed by atoms with E-state index in [9.17, 15) is 12.3 Å². The highest BCUT2D eigenvalue weighted by Gasteiger charge is 2.19. The normalized spacial score (nSPS) is 26.8. The molecule has 0 radical (unpaired) electrons. The van der Waals surface area contributed by atoms with Crippen LogP contribution in [0.2, 0.25) is 0 Å². The van der Waals surface area contributed by atoms with Crippen LogP contribution in [0.5, 0.6) is 0 Å². The number of nitrogens with one attached hydrogen (secondary N) is 1. The summed E-state index contributed by atoms with van der Waals surface area (Å²) in [6.45, 7) is 0.806. The van der Waals surface area contributed by atoms with Crippen LogP contribution in [0.4, 0.5) is 3.89 Å². The van der Waals surface area contributed by atoms with Crippen molar-refractivity contribution >= 4 is 10.2 Å². The van der Waals surface area contributed by atoms with Crippen molar-refractivity contribution in [3.8, 4) is 0 Å². The van der Waals surface area contributed by atoms with E-state index in [2.05, 4.69) is 5.32 Å². The van der Waals surface area contributed by atoms with E-state index in [0.717, 1.165) is 25.8 Å². The number of piperidine rings is 1. The molecule has 3 nitrogen and oxygen atoms in total. The zero-order valence-electron chi connectivity index (χ0n) is 6.22. The number of halogens is 1. The average molecular weight is 181 g/mol. The number of hydrogen-bond acceptors (Lipinski definition) is 3. The van der Waals surface area contributed by atoms with E-state index >= 15 is 0 Å². The molecule has 1 aliphatic rings. The summed E-state index contributed by atoms with van der Waals surface area (Å²) in [6, 6.07) is -0.168. The Bertz CT molecular complexity index is 209. The third-order valence-electron chi connectivity index (χ3n) is 1.81. The minimum absolute atomic E-state index is 0.168. The largest absolute Gasteiger partial charge is 0.313 e. The van der Waals surface area contributed by atoms with Crippen LogP contribution in [0.3, 0.4) is 0 Å². The summed E-state index contributed by atoms with van der Waals surface area (Å²) in [5.41, 5.74) is 0. The molecule has 1 atom stereocenters. The summed E-state index contributed by atoms with van der Waals surface area (Å²) in [5, 5.41) is 2.96. The van der Waals surface area contributed by atoms with Crippen molar-refractivity contribution in [3.63, 3.8) is 0 Å². The van der Waals surface area contributed by atoms with Crippen molar-refractivity contribution in [2.75, 3.05) is 12.3 Å². The maximum absolute atomic E-state index is 12.1. The molecule has 0 aromatic rings. The first-order valence-corrected chi connectivity index (χ1v) is 5.29. The van der Waals surface area contributed by atoms with Gasteiger partial charge in [0.05, 0.1) is 5.75 Å². The lowest BCUT2D eigenvalue weighted by molar-refractivity contribution is 0.419. The smallest absolute Gasteiger partial charge is 0.303 e. The fourth-order valence-corrected chi connectivity index (χ4v) is 2.07. The van der Waals surface area contributed by atoms with Gasteiger partial charge in [0.25, 0.3) is 0 Å². The molecule has 0 aromatic heterocycles. The topological polar surface area (TPSA) is 46.2 Å².